The van der Waals surface area contributed by atoms with Gasteiger partial charge in [-0.2, -0.15) is 0 Å². The van der Waals surface area contributed by atoms with Gasteiger partial charge in [0.25, 0.3) is 11.7 Å². The summed E-state index contributed by atoms with van der Waals surface area (Å²) in [7, 11) is 1.54. The van der Waals surface area contributed by atoms with Gasteiger partial charge in [0.1, 0.15) is 11.5 Å². The van der Waals surface area contributed by atoms with Crippen LogP contribution in [0.4, 0.5) is 0 Å². The van der Waals surface area contributed by atoms with E-state index < -0.39 is 17.7 Å². The largest absolute Gasteiger partial charge is 0.507 e. The molecule has 1 heterocycles. The van der Waals surface area contributed by atoms with Crippen molar-refractivity contribution in [2.24, 2.45) is 0 Å². The minimum Gasteiger partial charge on any atom is -0.507 e. The van der Waals surface area contributed by atoms with Crippen LogP contribution in [-0.2, 0) is 14.3 Å². The van der Waals surface area contributed by atoms with Crippen LogP contribution < -0.4 is 4.74 Å². The fraction of sp³-hybridized carbons (Fsp3) is 0.333. The number of halogens is 1. The predicted molar refractivity (Wildman–Crippen MR) is 122 cm³/mol. The van der Waals surface area contributed by atoms with E-state index in [-0.39, 0.29) is 30.6 Å². The molecule has 0 radical (unpaired) electrons. The molecule has 1 saturated heterocycles. The molecule has 0 unspecified atom stereocenters. The molecule has 2 aromatic carbocycles. The van der Waals surface area contributed by atoms with Gasteiger partial charge in [0.05, 0.1) is 24.3 Å². The Bertz CT molecular complexity index is 1010. The van der Waals surface area contributed by atoms with E-state index in [2.05, 4.69) is 15.9 Å². The highest BCUT2D eigenvalue weighted by Gasteiger charge is 2.45. The zero-order valence-electron chi connectivity index (χ0n) is 18.0. The lowest BCUT2D eigenvalue weighted by atomic mass is 9.95. The van der Waals surface area contributed by atoms with Crippen molar-refractivity contribution in [2.75, 3.05) is 20.3 Å². The van der Waals surface area contributed by atoms with Crippen LogP contribution in [0, 0.1) is 6.92 Å². The number of aryl methyl sites for hydroxylation is 1. The highest BCUT2D eigenvalue weighted by molar-refractivity contribution is 9.10. The molecule has 1 atom stereocenters. The van der Waals surface area contributed by atoms with Gasteiger partial charge in [0, 0.05) is 23.7 Å². The number of benzene rings is 2. The van der Waals surface area contributed by atoms with Crippen LogP contribution in [0.1, 0.15) is 36.6 Å². The van der Waals surface area contributed by atoms with E-state index in [1.807, 2.05) is 45.0 Å². The van der Waals surface area contributed by atoms with Crippen molar-refractivity contribution >= 4 is 33.4 Å². The highest BCUT2D eigenvalue weighted by Crippen LogP contribution is 2.40. The highest BCUT2D eigenvalue weighted by atomic mass is 79.9. The van der Waals surface area contributed by atoms with Crippen LogP contribution in [0.15, 0.2) is 52.5 Å². The van der Waals surface area contributed by atoms with Crippen molar-refractivity contribution < 1.29 is 24.2 Å². The summed E-state index contributed by atoms with van der Waals surface area (Å²) in [5.74, 6) is -0.855. The summed E-state index contributed by atoms with van der Waals surface area (Å²) in [4.78, 5) is 27.2. The van der Waals surface area contributed by atoms with Crippen molar-refractivity contribution in [3.63, 3.8) is 0 Å². The van der Waals surface area contributed by atoms with Gasteiger partial charge in [-0.3, -0.25) is 9.59 Å². The lowest BCUT2D eigenvalue weighted by Crippen LogP contribution is -2.32. The number of rotatable bonds is 7. The van der Waals surface area contributed by atoms with E-state index in [9.17, 15) is 14.7 Å². The standard InChI is InChI=1S/C24H26BrNO5/c1-14(2)31-19-10-7-17(13-15(19)3)22(27)20-21(16-5-8-18(25)9-6-16)26(11-12-30-4)24(29)23(20)28/h5-10,13-14,21,27H,11-12H2,1-4H3/b22-20+/t21-/m1/s1. The lowest BCUT2D eigenvalue weighted by Gasteiger charge is -2.25. The maximum atomic E-state index is 13.0. The number of likely N-dealkylation sites (tertiary alicyclic amines) is 1. The second-order valence-electron chi connectivity index (χ2n) is 7.68. The maximum absolute atomic E-state index is 13.0. The third kappa shape index (κ3) is 4.83. The molecule has 2 aromatic rings. The molecule has 3 rings (SSSR count). The van der Waals surface area contributed by atoms with Crippen LogP contribution in [0.3, 0.4) is 0 Å². The first-order chi connectivity index (χ1) is 14.7. The molecule has 0 bridgehead atoms. The normalized spacial score (nSPS) is 18.1. The van der Waals surface area contributed by atoms with Crippen molar-refractivity contribution in [1.29, 1.82) is 0 Å². The molecule has 1 amide bonds. The van der Waals surface area contributed by atoms with Crippen LogP contribution in [0.2, 0.25) is 0 Å². The van der Waals surface area contributed by atoms with Gasteiger partial charge in [-0.25, -0.2) is 0 Å². The Balaban J connectivity index is 2.11. The smallest absolute Gasteiger partial charge is 0.295 e. The molecule has 0 aromatic heterocycles. The van der Waals surface area contributed by atoms with Gasteiger partial charge in [0.15, 0.2) is 0 Å². The number of ether oxygens (including phenoxy) is 2. The summed E-state index contributed by atoms with van der Waals surface area (Å²) in [6.07, 6.45) is 0.0154. The first kappa shape index (κ1) is 23.0. The van der Waals surface area contributed by atoms with Crippen molar-refractivity contribution in [3.8, 4) is 5.75 Å². The first-order valence-corrected chi connectivity index (χ1v) is 10.8. The zero-order chi connectivity index (χ0) is 22.7. The topological polar surface area (TPSA) is 76.1 Å². The molecular weight excluding hydrogens is 462 g/mol. The Morgan fingerprint density at radius 2 is 1.84 bits per heavy atom. The van der Waals surface area contributed by atoms with Gasteiger partial charge >= 0.3 is 0 Å². The average Bonchev–Trinajstić information content (AvgIpc) is 2.98. The van der Waals surface area contributed by atoms with Gasteiger partial charge in [-0.1, -0.05) is 28.1 Å². The van der Waals surface area contributed by atoms with Crippen LogP contribution in [0.5, 0.6) is 5.75 Å². The molecule has 0 spiro atoms. The molecule has 0 aliphatic carbocycles. The number of amides is 1. The third-order valence-electron chi connectivity index (χ3n) is 5.07. The molecule has 0 saturated carbocycles. The second-order valence-corrected chi connectivity index (χ2v) is 8.60. The number of Topliss-reactive ketones (excluding diaryl/α,β-unsaturated/α-hetero) is 1. The van der Waals surface area contributed by atoms with E-state index in [0.29, 0.717) is 11.3 Å². The first-order valence-electron chi connectivity index (χ1n) is 10.0. The minimum atomic E-state index is -0.707. The number of hydrogen-bond donors (Lipinski definition) is 1. The Kier molecular flexibility index (Phi) is 7.18. The lowest BCUT2D eigenvalue weighted by molar-refractivity contribution is -0.140. The number of aliphatic hydroxyl groups is 1. The van der Waals surface area contributed by atoms with Gasteiger partial charge < -0.3 is 19.5 Å². The van der Waals surface area contributed by atoms with Gasteiger partial charge in [0.2, 0.25) is 0 Å². The Labute approximate surface area is 190 Å². The molecule has 6 nitrogen and oxygen atoms in total. The van der Waals surface area contributed by atoms with Gasteiger partial charge in [-0.15, -0.1) is 0 Å². The summed E-state index contributed by atoms with van der Waals surface area (Å²) in [5, 5.41) is 11.1. The molecular formula is C24H26BrNO5. The van der Waals surface area contributed by atoms with E-state index in [0.717, 1.165) is 15.6 Å². The molecule has 31 heavy (non-hydrogen) atoms. The number of methoxy groups -OCH3 is 1. The molecule has 1 aliphatic heterocycles. The molecule has 164 valence electrons. The second kappa shape index (κ2) is 9.66. The summed E-state index contributed by atoms with van der Waals surface area (Å²) < 4.78 is 11.8. The van der Waals surface area contributed by atoms with Crippen LogP contribution >= 0.6 is 15.9 Å². The predicted octanol–water partition coefficient (Wildman–Crippen LogP) is 4.61. The molecule has 1 N–H and O–H groups in total. The number of aliphatic hydroxyl groups excluding tert-OH is 1. The minimum absolute atomic E-state index is 0.0154. The SMILES string of the molecule is COCCN1C(=O)C(=O)/C(=C(/O)c2ccc(OC(C)C)c(C)c2)[C@H]1c1ccc(Br)cc1. The number of nitrogens with zero attached hydrogens (tertiary/aromatic N) is 1. The number of carbonyl (C=O) groups excluding carboxylic acids is 2. The van der Waals surface area contributed by atoms with E-state index in [1.165, 1.54) is 12.0 Å². The average molecular weight is 488 g/mol. The van der Waals surface area contributed by atoms with E-state index in [4.69, 9.17) is 9.47 Å². The molecule has 1 fully saturated rings. The number of hydrogen-bond acceptors (Lipinski definition) is 5. The number of carbonyl (C=O) groups is 2. The van der Waals surface area contributed by atoms with Crippen molar-refractivity contribution in [3.05, 3.63) is 69.2 Å². The Morgan fingerprint density at radius 3 is 2.42 bits per heavy atom. The summed E-state index contributed by atoms with van der Waals surface area (Å²) >= 11 is 3.41. The van der Waals surface area contributed by atoms with E-state index in [1.54, 1.807) is 18.2 Å². The zero-order valence-corrected chi connectivity index (χ0v) is 19.6. The molecule has 7 heteroatoms. The van der Waals surface area contributed by atoms with Gasteiger partial charge in [-0.05, 0) is 62.2 Å². The van der Waals surface area contributed by atoms with E-state index >= 15 is 0 Å². The number of ketones is 1. The third-order valence-corrected chi connectivity index (χ3v) is 5.60. The van der Waals surface area contributed by atoms with Crippen LogP contribution in [0.25, 0.3) is 5.76 Å². The fourth-order valence-electron chi connectivity index (χ4n) is 3.63. The van der Waals surface area contributed by atoms with Crippen molar-refractivity contribution in [2.45, 2.75) is 32.9 Å². The monoisotopic (exact) mass is 487 g/mol. The fourth-order valence-corrected chi connectivity index (χ4v) is 3.89. The Morgan fingerprint density at radius 1 is 1.16 bits per heavy atom. The Hall–Kier alpha value is -2.64. The summed E-state index contributed by atoms with van der Waals surface area (Å²) in [6, 6.07) is 11.9. The van der Waals surface area contributed by atoms with Crippen LogP contribution in [-0.4, -0.2) is 48.1 Å². The summed E-state index contributed by atoms with van der Waals surface area (Å²) in [6.45, 7) is 6.26. The summed E-state index contributed by atoms with van der Waals surface area (Å²) in [5.41, 5.74) is 2.09. The molecule has 1 aliphatic rings. The quantitative estimate of drug-likeness (QED) is 0.350. The van der Waals surface area contributed by atoms with Crippen molar-refractivity contribution in [1.82, 2.24) is 4.90 Å². The maximum Gasteiger partial charge on any atom is 0.295 e.